The van der Waals surface area contributed by atoms with Crippen LogP contribution in [0.3, 0.4) is 0 Å². The summed E-state index contributed by atoms with van der Waals surface area (Å²) in [6.45, 7) is 9.40. The fourth-order valence-corrected chi connectivity index (χ4v) is 3.83. The Bertz CT molecular complexity index is 757. The van der Waals surface area contributed by atoms with Crippen molar-refractivity contribution in [2.24, 2.45) is 0 Å². The Morgan fingerprint density at radius 3 is 2.81 bits per heavy atom. The zero-order valence-corrected chi connectivity index (χ0v) is 16.1. The van der Waals surface area contributed by atoms with E-state index in [4.69, 9.17) is 14.2 Å². The van der Waals surface area contributed by atoms with Crippen LogP contribution in [0.1, 0.15) is 48.4 Å². The molecule has 2 fully saturated rings. The molecule has 1 aromatic rings. The predicted octanol–water partition coefficient (Wildman–Crippen LogP) is 2.35. The molecule has 7 nitrogen and oxygen atoms in total. The van der Waals surface area contributed by atoms with Gasteiger partial charge in [-0.25, -0.2) is 9.59 Å². The van der Waals surface area contributed by atoms with Crippen LogP contribution in [0.15, 0.2) is 18.2 Å². The summed E-state index contributed by atoms with van der Waals surface area (Å²) >= 11 is 0. The van der Waals surface area contributed by atoms with Crippen LogP contribution in [0, 0.1) is 0 Å². The number of piperazine rings is 1. The molecule has 3 aliphatic rings. The summed E-state index contributed by atoms with van der Waals surface area (Å²) < 4.78 is 16.7. The van der Waals surface area contributed by atoms with E-state index in [9.17, 15) is 9.59 Å². The Morgan fingerprint density at radius 2 is 2.04 bits per heavy atom. The maximum atomic E-state index is 12.3. The van der Waals surface area contributed by atoms with Crippen molar-refractivity contribution in [1.82, 2.24) is 9.80 Å². The van der Waals surface area contributed by atoms with Crippen LogP contribution in [-0.4, -0.2) is 66.3 Å². The van der Waals surface area contributed by atoms with Gasteiger partial charge in [-0.1, -0.05) is 6.07 Å². The molecular formula is C20H26N2O5. The zero-order chi connectivity index (χ0) is 19.2. The Morgan fingerprint density at radius 1 is 1.22 bits per heavy atom. The van der Waals surface area contributed by atoms with Crippen LogP contribution in [0.2, 0.25) is 0 Å². The highest BCUT2D eigenvalue weighted by Crippen LogP contribution is 2.30. The molecule has 2 saturated heterocycles. The molecule has 0 aliphatic carbocycles. The van der Waals surface area contributed by atoms with Crippen LogP contribution < -0.4 is 0 Å². The zero-order valence-electron chi connectivity index (χ0n) is 16.1. The molecule has 0 radical (unpaired) electrons. The van der Waals surface area contributed by atoms with E-state index >= 15 is 0 Å². The summed E-state index contributed by atoms with van der Waals surface area (Å²) in [7, 11) is 0. The minimum Gasteiger partial charge on any atom is -0.457 e. The van der Waals surface area contributed by atoms with Gasteiger partial charge in [0.1, 0.15) is 12.2 Å². The van der Waals surface area contributed by atoms with Crippen LogP contribution in [-0.2, 0) is 20.8 Å². The second-order valence-corrected chi connectivity index (χ2v) is 8.39. The summed E-state index contributed by atoms with van der Waals surface area (Å²) in [4.78, 5) is 28.1. The van der Waals surface area contributed by atoms with Gasteiger partial charge in [-0.05, 0) is 38.5 Å². The third kappa shape index (κ3) is 3.80. The van der Waals surface area contributed by atoms with E-state index in [1.54, 1.807) is 4.90 Å². The molecule has 4 rings (SSSR count). The minimum absolute atomic E-state index is 0.0321. The van der Waals surface area contributed by atoms with Crippen molar-refractivity contribution in [3.8, 4) is 0 Å². The first-order valence-electron chi connectivity index (χ1n) is 9.44. The Labute approximate surface area is 159 Å². The average molecular weight is 374 g/mol. The van der Waals surface area contributed by atoms with Gasteiger partial charge in [0.15, 0.2) is 0 Å². The van der Waals surface area contributed by atoms with Gasteiger partial charge in [0.2, 0.25) is 0 Å². The topological polar surface area (TPSA) is 68.3 Å². The summed E-state index contributed by atoms with van der Waals surface area (Å²) in [5.41, 5.74) is 2.16. The van der Waals surface area contributed by atoms with E-state index in [0.717, 1.165) is 24.2 Å². The van der Waals surface area contributed by atoms with Crippen molar-refractivity contribution in [3.63, 3.8) is 0 Å². The third-order valence-electron chi connectivity index (χ3n) is 5.23. The Kier molecular flexibility index (Phi) is 4.60. The molecule has 0 bridgehead atoms. The molecule has 3 aliphatic heterocycles. The number of fused-ring (bicyclic) bond motifs is 2. The lowest BCUT2D eigenvalue weighted by atomic mass is 10.00. The molecule has 1 aromatic carbocycles. The van der Waals surface area contributed by atoms with Crippen molar-refractivity contribution in [2.45, 2.75) is 45.1 Å². The smallest absolute Gasteiger partial charge is 0.410 e. The van der Waals surface area contributed by atoms with Crippen molar-refractivity contribution in [1.29, 1.82) is 0 Å². The number of rotatable bonds is 1. The molecule has 7 heteroatoms. The molecule has 0 unspecified atom stereocenters. The minimum atomic E-state index is -0.485. The molecular weight excluding hydrogens is 348 g/mol. The van der Waals surface area contributed by atoms with Gasteiger partial charge in [0.25, 0.3) is 0 Å². The van der Waals surface area contributed by atoms with Gasteiger partial charge in [0.05, 0.1) is 24.3 Å². The maximum absolute atomic E-state index is 12.3. The van der Waals surface area contributed by atoms with Crippen LogP contribution in [0.5, 0.6) is 0 Å². The van der Waals surface area contributed by atoms with Crippen molar-refractivity contribution in [2.75, 3.05) is 32.8 Å². The highest BCUT2D eigenvalue weighted by atomic mass is 16.6. The van der Waals surface area contributed by atoms with Crippen molar-refractivity contribution < 1.29 is 23.8 Å². The lowest BCUT2D eigenvalue weighted by Crippen LogP contribution is -2.60. The highest BCUT2D eigenvalue weighted by molar-refractivity contribution is 5.93. The number of hydrogen-bond donors (Lipinski definition) is 0. The van der Waals surface area contributed by atoms with Gasteiger partial charge in [-0.3, -0.25) is 4.90 Å². The second-order valence-electron chi connectivity index (χ2n) is 8.39. The Balaban J connectivity index is 1.38. The molecule has 0 saturated carbocycles. The standard InChI is InChI=1S/C20H26N2O5/c1-20(2,3)27-19(24)22-7-6-21-10-17(25-12-15(21)9-22)13-4-5-16-14(8-13)11-26-18(16)23/h4-5,8,15,17H,6-7,9-12H2,1-3H3/t15-,17+/m1/s1. The number of esters is 1. The van der Waals surface area contributed by atoms with Crippen molar-refractivity contribution in [3.05, 3.63) is 34.9 Å². The van der Waals surface area contributed by atoms with Crippen LogP contribution >= 0.6 is 0 Å². The van der Waals surface area contributed by atoms with E-state index in [2.05, 4.69) is 4.90 Å². The molecule has 1 amide bonds. The van der Waals surface area contributed by atoms with E-state index in [-0.39, 0.29) is 24.2 Å². The van der Waals surface area contributed by atoms with Crippen LogP contribution in [0.25, 0.3) is 0 Å². The number of carbonyl (C=O) groups is 2. The number of cyclic esters (lactones) is 1. The first-order chi connectivity index (χ1) is 12.8. The third-order valence-corrected chi connectivity index (χ3v) is 5.23. The van der Waals surface area contributed by atoms with Gasteiger partial charge < -0.3 is 19.1 Å². The van der Waals surface area contributed by atoms with Gasteiger partial charge >= 0.3 is 12.1 Å². The quantitative estimate of drug-likeness (QED) is 0.703. The lowest BCUT2D eigenvalue weighted by Gasteiger charge is -2.46. The summed E-state index contributed by atoms with van der Waals surface area (Å²) in [6.07, 6.45) is -0.289. The van der Waals surface area contributed by atoms with Gasteiger partial charge in [-0.15, -0.1) is 0 Å². The first-order valence-corrected chi connectivity index (χ1v) is 9.44. The monoisotopic (exact) mass is 374 g/mol. The number of morpholine rings is 1. The molecule has 3 heterocycles. The van der Waals surface area contributed by atoms with Gasteiger partial charge in [-0.2, -0.15) is 0 Å². The summed E-state index contributed by atoms with van der Waals surface area (Å²) in [5, 5.41) is 0. The summed E-state index contributed by atoms with van der Waals surface area (Å²) in [6, 6.07) is 5.98. The Hall–Kier alpha value is -2.12. The molecule has 0 N–H and O–H groups in total. The number of hydrogen-bond acceptors (Lipinski definition) is 6. The van der Waals surface area contributed by atoms with Crippen molar-refractivity contribution >= 4 is 12.1 Å². The maximum Gasteiger partial charge on any atom is 0.410 e. The largest absolute Gasteiger partial charge is 0.457 e. The number of carbonyl (C=O) groups excluding carboxylic acids is 2. The number of amides is 1. The van der Waals surface area contributed by atoms with E-state index < -0.39 is 5.60 Å². The fourth-order valence-electron chi connectivity index (χ4n) is 3.83. The van der Waals surface area contributed by atoms with E-state index in [1.165, 1.54) is 0 Å². The molecule has 0 spiro atoms. The van der Waals surface area contributed by atoms with Crippen LogP contribution in [0.4, 0.5) is 4.79 Å². The fraction of sp³-hybridized carbons (Fsp3) is 0.600. The lowest BCUT2D eigenvalue weighted by molar-refractivity contribution is -0.0906. The summed E-state index contributed by atoms with van der Waals surface area (Å²) in [5.74, 6) is -0.251. The molecule has 0 aromatic heterocycles. The predicted molar refractivity (Wildman–Crippen MR) is 97.4 cm³/mol. The second kappa shape index (κ2) is 6.80. The molecule has 146 valence electrons. The number of benzene rings is 1. The van der Waals surface area contributed by atoms with E-state index in [1.807, 2.05) is 39.0 Å². The first kappa shape index (κ1) is 18.3. The molecule has 2 atom stereocenters. The van der Waals surface area contributed by atoms with E-state index in [0.29, 0.717) is 31.9 Å². The SMILES string of the molecule is CC(C)(C)OC(=O)N1CCN2C[C@@H](c3ccc4c(c3)COC4=O)OC[C@H]2C1. The van der Waals surface area contributed by atoms with Gasteiger partial charge in [0, 0.05) is 31.7 Å². The number of nitrogens with zero attached hydrogens (tertiary/aromatic N) is 2. The normalized spacial score (nSPS) is 25.6. The molecule has 27 heavy (non-hydrogen) atoms. The number of ether oxygens (including phenoxy) is 3. The average Bonchev–Trinajstić information content (AvgIpc) is 3.00. The highest BCUT2D eigenvalue weighted by Gasteiger charge is 2.37.